The summed E-state index contributed by atoms with van der Waals surface area (Å²) in [5, 5.41) is 9.24. The molecule has 0 fully saturated rings. The minimum Gasteiger partial charge on any atom is -0.496 e. The van der Waals surface area contributed by atoms with Gasteiger partial charge in [0.2, 0.25) is 0 Å². The summed E-state index contributed by atoms with van der Waals surface area (Å²) < 4.78 is 6.78. The minimum absolute atomic E-state index is 0.187. The van der Waals surface area contributed by atoms with Crippen molar-refractivity contribution in [1.82, 2.24) is 9.55 Å². The van der Waals surface area contributed by atoms with Gasteiger partial charge in [-0.15, -0.1) is 0 Å². The Kier molecular flexibility index (Phi) is 3.55. The van der Waals surface area contributed by atoms with Crippen LogP contribution in [-0.2, 0) is 13.5 Å². The first-order valence-electron chi connectivity index (χ1n) is 6.00. The second-order valence-corrected chi connectivity index (χ2v) is 4.24. The summed E-state index contributed by atoms with van der Waals surface area (Å²) in [6.07, 6.45) is 2.32. The van der Waals surface area contributed by atoms with Crippen LogP contribution in [0.4, 0.5) is 0 Å². The fraction of sp³-hybridized carbons (Fsp3) is 0.286. The summed E-state index contributed by atoms with van der Waals surface area (Å²) >= 11 is 0. The zero-order valence-corrected chi connectivity index (χ0v) is 11.2. The molecule has 0 bridgehead atoms. The molecule has 1 aromatic heterocycles. The number of ether oxygens (including phenoxy) is 1. The van der Waals surface area contributed by atoms with E-state index in [0.717, 1.165) is 23.3 Å². The lowest BCUT2D eigenvalue weighted by atomic mass is 10.0. The number of aromatic nitrogens is 2. The van der Waals surface area contributed by atoms with Crippen LogP contribution >= 0.6 is 0 Å². The first kappa shape index (κ1) is 13.1. The summed E-state index contributed by atoms with van der Waals surface area (Å²) in [7, 11) is 3.29. The van der Waals surface area contributed by atoms with Gasteiger partial charge in [-0.1, -0.05) is 6.92 Å². The number of hydrogen-bond donors (Lipinski definition) is 1. The molecule has 0 radical (unpaired) electrons. The number of carboxylic acids is 1. The van der Waals surface area contributed by atoms with E-state index in [0.29, 0.717) is 5.69 Å². The van der Waals surface area contributed by atoms with Gasteiger partial charge in [0.1, 0.15) is 11.4 Å². The number of hydrogen-bond acceptors (Lipinski definition) is 3. The number of rotatable bonds is 4. The second-order valence-electron chi connectivity index (χ2n) is 4.24. The standard InChI is InChI=1S/C14H16N2O3/c1-4-9-7-10(5-6-11(9)19-3)12-13(14(17)18)16(2)8-15-12/h5-8H,4H2,1-3H3,(H,17,18). The van der Waals surface area contributed by atoms with Crippen molar-refractivity contribution in [3.05, 3.63) is 35.8 Å². The number of nitrogens with zero attached hydrogens (tertiary/aromatic N) is 2. The number of benzene rings is 1. The molecular weight excluding hydrogens is 244 g/mol. The zero-order valence-electron chi connectivity index (χ0n) is 11.2. The normalized spacial score (nSPS) is 10.5. The SMILES string of the molecule is CCc1cc(-c2ncn(C)c2C(=O)O)ccc1OC. The van der Waals surface area contributed by atoms with Gasteiger partial charge in [-0.05, 0) is 30.2 Å². The van der Waals surface area contributed by atoms with Gasteiger partial charge in [-0.3, -0.25) is 0 Å². The summed E-state index contributed by atoms with van der Waals surface area (Å²) in [4.78, 5) is 15.4. The predicted octanol–water partition coefficient (Wildman–Crippen LogP) is 2.36. The Morgan fingerprint density at radius 1 is 1.47 bits per heavy atom. The predicted molar refractivity (Wildman–Crippen MR) is 71.5 cm³/mol. The third-order valence-corrected chi connectivity index (χ3v) is 3.07. The second kappa shape index (κ2) is 5.14. The van der Waals surface area contributed by atoms with Crippen molar-refractivity contribution in [1.29, 1.82) is 0 Å². The molecule has 2 rings (SSSR count). The van der Waals surface area contributed by atoms with Crippen LogP contribution in [0, 0.1) is 0 Å². The number of carboxylic acid groups (broad SMARTS) is 1. The summed E-state index contributed by atoms with van der Waals surface area (Å²) in [5.41, 5.74) is 2.48. The molecule has 0 unspecified atom stereocenters. The van der Waals surface area contributed by atoms with E-state index < -0.39 is 5.97 Å². The smallest absolute Gasteiger partial charge is 0.354 e. The highest BCUT2D eigenvalue weighted by atomic mass is 16.5. The largest absolute Gasteiger partial charge is 0.496 e. The van der Waals surface area contributed by atoms with Gasteiger partial charge in [0.05, 0.1) is 13.4 Å². The molecular formula is C14H16N2O3. The van der Waals surface area contributed by atoms with Crippen molar-refractivity contribution in [3.63, 3.8) is 0 Å². The van der Waals surface area contributed by atoms with E-state index >= 15 is 0 Å². The quantitative estimate of drug-likeness (QED) is 0.916. The minimum atomic E-state index is -0.983. The fourth-order valence-corrected chi connectivity index (χ4v) is 2.10. The third-order valence-electron chi connectivity index (χ3n) is 3.07. The third kappa shape index (κ3) is 2.31. The highest BCUT2D eigenvalue weighted by Crippen LogP contribution is 2.28. The topological polar surface area (TPSA) is 64.4 Å². The lowest BCUT2D eigenvalue weighted by Gasteiger charge is -2.09. The van der Waals surface area contributed by atoms with Crippen LogP contribution in [0.3, 0.4) is 0 Å². The average molecular weight is 260 g/mol. The maximum absolute atomic E-state index is 11.3. The molecule has 1 aromatic carbocycles. The van der Waals surface area contributed by atoms with Gasteiger partial charge in [0.25, 0.3) is 0 Å². The molecule has 0 saturated heterocycles. The highest BCUT2D eigenvalue weighted by Gasteiger charge is 2.18. The van der Waals surface area contributed by atoms with Crippen molar-refractivity contribution in [2.45, 2.75) is 13.3 Å². The fourth-order valence-electron chi connectivity index (χ4n) is 2.10. The van der Waals surface area contributed by atoms with Crippen molar-refractivity contribution in [2.75, 3.05) is 7.11 Å². The van der Waals surface area contributed by atoms with Crippen LogP contribution in [0.25, 0.3) is 11.3 Å². The molecule has 0 aliphatic heterocycles. The Bertz CT molecular complexity index is 617. The monoisotopic (exact) mass is 260 g/mol. The van der Waals surface area contributed by atoms with Crippen LogP contribution in [0.15, 0.2) is 24.5 Å². The number of aryl methyl sites for hydroxylation is 2. The lowest BCUT2D eigenvalue weighted by molar-refractivity contribution is 0.0687. The molecule has 1 heterocycles. The van der Waals surface area contributed by atoms with Crippen LogP contribution < -0.4 is 4.74 Å². The molecule has 5 heteroatoms. The summed E-state index contributed by atoms with van der Waals surface area (Å²) in [6.45, 7) is 2.03. The van der Waals surface area contributed by atoms with E-state index in [2.05, 4.69) is 4.98 Å². The van der Waals surface area contributed by atoms with E-state index in [1.54, 1.807) is 14.2 Å². The summed E-state index contributed by atoms with van der Waals surface area (Å²) in [6, 6.07) is 5.59. The Balaban J connectivity index is 2.57. The average Bonchev–Trinajstić information content (AvgIpc) is 2.79. The van der Waals surface area contributed by atoms with Crippen molar-refractivity contribution in [3.8, 4) is 17.0 Å². The lowest BCUT2D eigenvalue weighted by Crippen LogP contribution is -2.05. The Morgan fingerprint density at radius 2 is 2.21 bits per heavy atom. The first-order chi connectivity index (χ1) is 9.08. The van der Waals surface area contributed by atoms with E-state index in [-0.39, 0.29) is 5.69 Å². The first-order valence-corrected chi connectivity index (χ1v) is 6.00. The van der Waals surface area contributed by atoms with Gasteiger partial charge in [-0.2, -0.15) is 0 Å². The number of imidazole rings is 1. The molecule has 2 aromatic rings. The molecule has 5 nitrogen and oxygen atoms in total. The van der Waals surface area contributed by atoms with E-state index in [1.165, 1.54) is 10.9 Å². The van der Waals surface area contributed by atoms with Crippen LogP contribution in [0.2, 0.25) is 0 Å². The van der Waals surface area contributed by atoms with E-state index in [9.17, 15) is 9.90 Å². The zero-order chi connectivity index (χ0) is 14.0. The number of aromatic carboxylic acids is 1. The number of methoxy groups -OCH3 is 1. The van der Waals surface area contributed by atoms with Crippen LogP contribution in [0.5, 0.6) is 5.75 Å². The van der Waals surface area contributed by atoms with Crippen LogP contribution in [-0.4, -0.2) is 27.7 Å². The molecule has 0 aliphatic rings. The van der Waals surface area contributed by atoms with Crippen molar-refractivity contribution < 1.29 is 14.6 Å². The Morgan fingerprint density at radius 3 is 2.79 bits per heavy atom. The molecule has 0 atom stereocenters. The maximum atomic E-state index is 11.3. The van der Waals surface area contributed by atoms with Gasteiger partial charge in [-0.25, -0.2) is 9.78 Å². The van der Waals surface area contributed by atoms with Crippen LogP contribution in [0.1, 0.15) is 23.0 Å². The molecule has 0 spiro atoms. The van der Waals surface area contributed by atoms with Crippen molar-refractivity contribution >= 4 is 5.97 Å². The molecule has 19 heavy (non-hydrogen) atoms. The van der Waals surface area contributed by atoms with Gasteiger partial charge in [0.15, 0.2) is 5.69 Å². The van der Waals surface area contributed by atoms with Gasteiger partial charge >= 0.3 is 5.97 Å². The van der Waals surface area contributed by atoms with E-state index in [4.69, 9.17) is 4.74 Å². The molecule has 0 saturated carbocycles. The molecule has 100 valence electrons. The highest BCUT2D eigenvalue weighted by molar-refractivity contribution is 5.93. The molecule has 0 amide bonds. The van der Waals surface area contributed by atoms with Gasteiger partial charge < -0.3 is 14.4 Å². The maximum Gasteiger partial charge on any atom is 0.354 e. The van der Waals surface area contributed by atoms with Crippen molar-refractivity contribution in [2.24, 2.45) is 7.05 Å². The Labute approximate surface area is 111 Å². The number of carbonyl (C=O) groups is 1. The molecule has 0 aliphatic carbocycles. The summed E-state index contributed by atoms with van der Waals surface area (Å²) in [5.74, 6) is -0.178. The molecule has 1 N–H and O–H groups in total. The van der Waals surface area contributed by atoms with Gasteiger partial charge in [0, 0.05) is 12.6 Å². The Hall–Kier alpha value is -2.30. The van der Waals surface area contributed by atoms with E-state index in [1.807, 2.05) is 25.1 Å².